The summed E-state index contributed by atoms with van der Waals surface area (Å²) in [6, 6.07) is 21.0. The Balaban J connectivity index is 1.07. The molecule has 0 spiro atoms. The van der Waals surface area contributed by atoms with Crippen molar-refractivity contribution in [2.24, 2.45) is 4.99 Å². The van der Waals surface area contributed by atoms with E-state index in [1.54, 1.807) is 12.1 Å². The number of rotatable bonds is 9. The Morgan fingerprint density at radius 2 is 1.79 bits per heavy atom. The van der Waals surface area contributed by atoms with Gasteiger partial charge < -0.3 is 10.2 Å². The maximum Gasteiger partial charge on any atom is 0.253 e. The van der Waals surface area contributed by atoms with Crippen LogP contribution >= 0.6 is 0 Å². The van der Waals surface area contributed by atoms with E-state index in [1.165, 1.54) is 0 Å². The SMILES string of the molecule is Cc1ccc2c(c1)N(O)NC(=NCCCN(C)CCCNC(=O)c1cccc3cc4ccccc4nc13)N2O. The van der Waals surface area contributed by atoms with Gasteiger partial charge in [-0.2, -0.15) is 10.2 Å². The number of carbonyl (C=O) groups is 1. The first-order valence-corrected chi connectivity index (χ1v) is 13.1. The van der Waals surface area contributed by atoms with Crippen molar-refractivity contribution in [2.75, 3.05) is 43.5 Å². The lowest BCUT2D eigenvalue weighted by molar-refractivity contribution is 0.0953. The summed E-state index contributed by atoms with van der Waals surface area (Å²) in [7, 11) is 2.03. The van der Waals surface area contributed by atoms with Crippen molar-refractivity contribution >= 4 is 45.0 Å². The van der Waals surface area contributed by atoms with Crippen LogP contribution in [0.1, 0.15) is 28.8 Å². The van der Waals surface area contributed by atoms with Gasteiger partial charge in [0.2, 0.25) is 5.96 Å². The zero-order valence-corrected chi connectivity index (χ0v) is 22.1. The average molecular weight is 528 g/mol. The van der Waals surface area contributed by atoms with Crippen LogP contribution in [-0.2, 0) is 0 Å². The average Bonchev–Trinajstić information content (AvgIpc) is 2.94. The molecule has 10 heteroatoms. The zero-order valence-electron chi connectivity index (χ0n) is 22.1. The first-order chi connectivity index (χ1) is 18.9. The van der Waals surface area contributed by atoms with Gasteiger partial charge in [0.25, 0.3) is 5.91 Å². The summed E-state index contributed by atoms with van der Waals surface area (Å²) in [5, 5.41) is 27.5. The van der Waals surface area contributed by atoms with Gasteiger partial charge in [-0.15, -0.1) is 0 Å². The molecule has 1 aromatic heterocycles. The van der Waals surface area contributed by atoms with Crippen molar-refractivity contribution in [3.63, 3.8) is 0 Å². The van der Waals surface area contributed by atoms with E-state index in [0.29, 0.717) is 35.5 Å². The van der Waals surface area contributed by atoms with Crippen molar-refractivity contribution in [3.05, 3.63) is 77.9 Å². The molecular weight excluding hydrogens is 494 g/mol. The van der Waals surface area contributed by atoms with Crippen molar-refractivity contribution in [1.29, 1.82) is 0 Å². The minimum Gasteiger partial charge on any atom is -0.352 e. The number of aromatic nitrogens is 1. The quantitative estimate of drug-likeness (QED) is 0.190. The van der Waals surface area contributed by atoms with Crippen molar-refractivity contribution in [2.45, 2.75) is 19.8 Å². The first-order valence-electron chi connectivity index (χ1n) is 13.1. The van der Waals surface area contributed by atoms with Crippen molar-refractivity contribution < 1.29 is 15.2 Å². The van der Waals surface area contributed by atoms with Gasteiger partial charge in [0, 0.05) is 23.9 Å². The Morgan fingerprint density at radius 1 is 1.00 bits per heavy atom. The highest BCUT2D eigenvalue weighted by molar-refractivity contribution is 6.07. The van der Waals surface area contributed by atoms with Crippen molar-refractivity contribution in [1.82, 2.24) is 20.6 Å². The second-order valence-electron chi connectivity index (χ2n) is 9.76. The molecule has 3 aromatic carbocycles. The molecule has 10 nitrogen and oxygen atoms in total. The highest BCUT2D eigenvalue weighted by Gasteiger charge is 2.25. The molecule has 0 aliphatic carbocycles. The molecule has 4 aromatic rings. The number of pyridine rings is 1. The Hall–Kier alpha value is -4.25. The van der Waals surface area contributed by atoms with Gasteiger partial charge in [0.1, 0.15) is 11.4 Å². The topological polar surface area (TPSA) is 117 Å². The molecule has 0 fully saturated rings. The fourth-order valence-electron chi connectivity index (χ4n) is 4.67. The van der Waals surface area contributed by atoms with Gasteiger partial charge in [0.05, 0.1) is 16.6 Å². The van der Waals surface area contributed by atoms with E-state index in [4.69, 9.17) is 4.98 Å². The number of benzene rings is 3. The number of para-hydroxylation sites is 2. The molecule has 0 saturated heterocycles. The van der Waals surface area contributed by atoms with E-state index < -0.39 is 0 Å². The van der Waals surface area contributed by atoms with Gasteiger partial charge in [-0.3, -0.25) is 15.2 Å². The van der Waals surface area contributed by atoms with E-state index >= 15 is 0 Å². The van der Waals surface area contributed by atoms with Gasteiger partial charge in [-0.05, 0) is 75.8 Å². The van der Waals surface area contributed by atoms with Gasteiger partial charge in [0.15, 0.2) is 0 Å². The smallest absolute Gasteiger partial charge is 0.253 e. The van der Waals surface area contributed by atoms with E-state index in [2.05, 4.69) is 26.7 Å². The minimum atomic E-state index is -0.120. The molecule has 1 amide bonds. The number of aryl methyl sites for hydroxylation is 1. The minimum absolute atomic E-state index is 0.120. The number of nitrogens with one attached hydrogen (secondary N) is 2. The molecule has 202 valence electrons. The maximum absolute atomic E-state index is 12.9. The zero-order chi connectivity index (χ0) is 27.4. The van der Waals surface area contributed by atoms with E-state index in [-0.39, 0.29) is 11.9 Å². The normalized spacial score (nSPS) is 14.2. The van der Waals surface area contributed by atoms with E-state index in [0.717, 1.165) is 58.0 Å². The predicted octanol–water partition coefficient (Wildman–Crippen LogP) is 4.10. The second kappa shape index (κ2) is 11.6. The number of fused-ring (bicyclic) bond motifs is 3. The van der Waals surface area contributed by atoms with Gasteiger partial charge in [-0.25, -0.2) is 15.4 Å². The highest BCUT2D eigenvalue weighted by Crippen LogP contribution is 2.31. The van der Waals surface area contributed by atoms with Crippen LogP contribution < -0.4 is 21.0 Å². The molecule has 0 bridgehead atoms. The monoisotopic (exact) mass is 527 g/mol. The summed E-state index contributed by atoms with van der Waals surface area (Å²) < 4.78 is 0. The Kier molecular flexibility index (Phi) is 7.87. The molecule has 0 radical (unpaired) electrons. The van der Waals surface area contributed by atoms with E-state index in [1.807, 2.05) is 62.5 Å². The van der Waals surface area contributed by atoms with Crippen LogP contribution in [0.15, 0.2) is 71.7 Å². The molecule has 5 rings (SSSR count). The third kappa shape index (κ3) is 5.93. The van der Waals surface area contributed by atoms with Crippen LogP contribution in [0.2, 0.25) is 0 Å². The fraction of sp³-hybridized carbons (Fsp3) is 0.276. The number of hydrogen-bond acceptors (Lipinski definition) is 7. The molecule has 0 saturated carbocycles. The lowest BCUT2D eigenvalue weighted by atomic mass is 10.1. The Bertz CT molecular complexity index is 1520. The van der Waals surface area contributed by atoms with E-state index in [9.17, 15) is 15.2 Å². The summed E-state index contributed by atoms with van der Waals surface area (Å²) in [6.07, 6.45) is 1.57. The summed E-state index contributed by atoms with van der Waals surface area (Å²) >= 11 is 0. The number of aliphatic imine (C=N–C) groups is 1. The third-order valence-electron chi connectivity index (χ3n) is 6.75. The van der Waals surface area contributed by atoms with Crippen LogP contribution in [-0.4, -0.2) is 65.4 Å². The molecule has 4 N–H and O–H groups in total. The number of guanidine groups is 1. The highest BCUT2D eigenvalue weighted by atomic mass is 16.6. The van der Waals surface area contributed by atoms with Gasteiger partial charge in [-0.1, -0.05) is 36.4 Å². The van der Waals surface area contributed by atoms with Crippen molar-refractivity contribution in [3.8, 4) is 0 Å². The maximum atomic E-state index is 12.9. The number of nitrogens with zero attached hydrogens (tertiary/aromatic N) is 5. The predicted molar refractivity (Wildman–Crippen MR) is 153 cm³/mol. The first kappa shape index (κ1) is 26.4. The Labute approximate surface area is 227 Å². The molecule has 0 atom stereocenters. The molecule has 1 aliphatic heterocycles. The van der Waals surface area contributed by atoms with Crippen LogP contribution in [0.25, 0.3) is 21.8 Å². The summed E-state index contributed by atoms with van der Waals surface area (Å²) in [5.41, 5.74) is 6.71. The lowest BCUT2D eigenvalue weighted by Crippen LogP contribution is -2.52. The molecule has 1 aliphatic rings. The molecule has 0 unspecified atom stereocenters. The Morgan fingerprint density at radius 3 is 2.67 bits per heavy atom. The van der Waals surface area contributed by atoms with Crippen LogP contribution in [0.5, 0.6) is 0 Å². The molecule has 39 heavy (non-hydrogen) atoms. The summed E-state index contributed by atoms with van der Waals surface area (Å²) in [4.78, 5) is 24.2. The largest absolute Gasteiger partial charge is 0.352 e. The third-order valence-corrected chi connectivity index (χ3v) is 6.75. The molecule has 2 heterocycles. The van der Waals surface area contributed by atoms with Gasteiger partial charge >= 0.3 is 0 Å². The summed E-state index contributed by atoms with van der Waals surface area (Å²) in [5.74, 6) is 0.0419. The van der Waals surface area contributed by atoms with Crippen LogP contribution in [0.3, 0.4) is 0 Å². The number of carbonyl (C=O) groups excluding carboxylic acids is 1. The van der Waals surface area contributed by atoms with Crippen LogP contribution in [0.4, 0.5) is 11.4 Å². The lowest BCUT2D eigenvalue weighted by Gasteiger charge is -2.33. The van der Waals surface area contributed by atoms with Crippen LogP contribution in [0, 0.1) is 6.92 Å². The fourth-order valence-corrected chi connectivity index (χ4v) is 4.67. The standard InChI is InChI=1S/C29H33N7O3/c1-20-12-13-25-26(18-20)36(39)33-29(35(25)38)31-15-7-17-34(2)16-6-14-30-28(37)23-10-5-9-22-19-21-8-3-4-11-24(21)32-27(22)23/h3-5,8-13,18-19,38-39H,6-7,14-17H2,1-2H3,(H,30,37)(H,31,33). The number of hydrazine groups is 1. The molecular formula is C29H33N7O3. The second-order valence-corrected chi connectivity index (χ2v) is 9.76. The number of anilines is 2. The summed E-state index contributed by atoms with van der Waals surface area (Å²) in [6.45, 7) is 4.56. The number of hydrogen-bond donors (Lipinski definition) is 4. The number of amides is 1. The number of hydroxylamine groups is 1.